The molecule has 0 amide bonds. The van der Waals surface area contributed by atoms with E-state index < -0.39 is 6.10 Å². The van der Waals surface area contributed by atoms with Crippen molar-refractivity contribution in [1.82, 2.24) is 0 Å². The van der Waals surface area contributed by atoms with Crippen molar-refractivity contribution in [3.05, 3.63) is 46.0 Å². The van der Waals surface area contributed by atoms with Gasteiger partial charge in [0.05, 0.1) is 6.26 Å². The smallest absolute Gasteiger partial charge is 0.146 e. The van der Waals surface area contributed by atoms with Crippen molar-refractivity contribution in [3.63, 3.8) is 0 Å². The standard InChI is InChI=1S/C11H12O2S/c1-2-8-5-7-14-11(8)10(12)9-4-3-6-13-9/h3-7,10,12H,2H2,1H3. The summed E-state index contributed by atoms with van der Waals surface area (Å²) in [6, 6.07) is 5.63. The van der Waals surface area contributed by atoms with Crippen molar-refractivity contribution in [2.24, 2.45) is 0 Å². The van der Waals surface area contributed by atoms with Gasteiger partial charge in [0.15, 0.2) is 0 Å². The number of aliphatic hydroxyl groups excluding tert-OH is 1. The number of furan rings is 1. The van der Waals surface area contributed by atoms with Gasteiger partial charge in [0.25, 0.3) is 0 Å². The Kier molecular flexibility index (Phi) is 2.70. The number of thiophene rings is 1. The molecule has 1 atom stereocenters. The molecule has 2 rings (SSSR count). The fourth-order valence-corrected chi connectivity index (χ4v) is 2.44. The molecule has 14 heavy (non-hydrogen) atoms. The molecule has 2 aromatic rings. The van der Waals surface area contributed by atoms with E-state index >= 15 is 0 Å². The first-order valence-electron chi connectivity index (χ1n) is 4.60. The number of hydrogen-bond acceptors (Lipinski definition) is 3. The van der Waals surface area contributed by atoms with Crippen molar-refractivity contribution in [2.75, 3.05) is 0 Å². The summed E-state index contributed by atoms with van der Waals surface area (Å²) in [6.07, 6.45) is 1.91. The molecular weight excluding hydrogens is 196 g/mol. The summed E-state index contributed by atoms with van der Waals surface area (Å²) < 4.78 is 5.18. The molecule has 0 bridgehead atoms. The van der Waals surface area contributed by atoms with Crippen LogP contribution in [0, 0.1) is 0 Å². The van der Waals surface area contributed by atoms with Gasteiger partial charge in [0, 0.05) is 4.88 Å². The van der Waals surface area contributed by atoms with Gasteiger partial charge in [-0.05, 0) is 35.6 Å². The average Bonchev–Trinajstić information content (AvgIpc) is 2.87. The number of hydrogen-bond donors (Lipinski definition) is 1. The van der Waals surface area contributed by atoms with E-state index in [1.54, 1.807) is 29.7 Å². The van der Waals surface area contributed by atoms with E-state index in [1.165, 1.54) is 5.56 Å². The van der Waals surface area contributed by atoms with Crippen LogP contribution in [0.25, 0.3) is 0 Å². The van der Waals surface area contributed by atoms with Gasteiger partial charge in [0.1, 0.15) is 11.9 Å². The third-order valence-corrected chi connectivity index (χ3v) is 3.23. The molecule has 0 saturated heterocycles. The monoisotopic (exact) mass is 208 g/mol. The van der Waals surface area contributed by atoms with E-state index in [2.05, 4.69) is 6.92 Å². The van der Waals surface area contributed by atoms with Gasteiger partial charge in [-0.2, -0.15) is 0 Å². The van der Waals surface area contributed by atoms with Gasteiger partial charge >= 0.3 is 0 Å². The van der Waals surface area contributed by atoms with E-state index in [0.29, 0.717) is 5.76 Å². The first kappa shape index (κ1) is 9.49. The summed E-state index contributed by atoms with van der Waals surface area (Å²) >= 11 is 1.57. The Morgan fingerprint density at radius 2 is 2.36 bits per heavy atom. The molecule has 2 aromatic heterocycles. The minimum atomic E-state index is -0.611. The maximum atomic E-state index is 10.00. The molecule has 1 N–H and O–H groups in total. The van der Waals surface area contributed by atoms with E-state index in [4.69, 9.17) is 4.42 Å². The van der Waals surface area contributed by atoms with Gasteiger partial charge in [0.2, 0.25) is 0 Å². The second-order valence-corrected chi connectivity index (χ2v) is 4.03. The minimum absolute atomic E-state index is 0.611. The molecule has 0 aliphatic carbocycles. The van der Waals surface area contributed by atoms with Crippen LogP contribution in [0.4, 0.5) is 0 Å². The van der Waals surface area contributed by atoms with Crippen LogP contribution in [0.1, 0.15) is 29.2 Å². The molecule has 0 aliphatic heterocycles. The van der Waals surface area contributed by atoms with Crippen LogP contribution in [-0.2, 0) is 6.42 Å². The average molecular weight is 208 g/mol. The van der Waals surface area contributed by atoms with Gasteiger partial charge < -0.3 is 9.52 Å². The maximum Gasteiger partial charge on any atom is 0.146 e. The highest BCUT2D eigenvalue weighted by Crippen LogP contribution is 2.29. The number of aryl methyl sites for hydroxylation is 1. The van der Waals surface area contributed by atoms with Crippen molar-refractivity contribution < 1.29 is 9.52 Å². The van der Waals surface area contributed by atoms with Crippen LogP contribution in [0.3, 0.4) is 0 Å². The lowest BCUT2D eigenvalue weighted by Crippen LogP contribution is -1.98. The van der Waals surface area contributed by atoms with Gasteiger partial charge in [-0.25, -0.2) is 0 Å². The fraction of sp³-hybridized carbons (Fsp3) is 0.273. The van der Waals surface area contributed by atoms with Crippen molar-refractivity contribution in [3.8, 4) is 0 Å². The zero-order chi connectivity index (χ0) is 9.97. The normalized spacial score (nSPS) is 13.0. The lowest BCUT2D eigenvalue weighted by atomic mass is 10.1. The Labute approximate surface area is 86.8 Å². The lowest BCUT2D eigenvalue weighted by molar-refractivity contribution is 0.192. The topological polar surface area (TPSA) is 33.4 Å². The van der Waals surface area contributed by atoms with Crippen LogP contribution in [0.15, 0.2) is 34.3 Å². The van der Waals surface area contributed by atoms with Crippen LogP contribution >= 0.6 is 11.3 Å². The zero-order valence-electron chi connectivity index (χ0n) is 7.93. The highest BCUT2D eigenvalue weighted by Gasteiger charge is 2.17. The Morgan fingerprint density at radius 1 is 1.50 bits per heavy atom. The molecule has 0 aromatic carbocycles. The Hall–Kier alpha value is -1.06. The SMILES string of the molecule is CCc1ccsc1C(O)c1ccco1. The van der Waals surface area contributed by atoms with Gasteiger partial charge in [-0.15, -0.1) is 11.3 Å². The first-order chi connectivity index (χ1) is 6.83. The molecule has 3 heteroatoms. The molecule has 74 valence electrons. The summed E-state index contributed by atoms with van der Waals surface area (Å²) in [6.45, 7) is 2.08. The zero-order valence-corrected chi connectivity index (χ0v) is 8.75. The predicted octanol–water partition coefficient (Wildman–Crippen LogP) is 2.99. The second-order valence-electron chi connectivity index (χ2n) is 3.08. The second kappa shape index (κ2) is 3.98. The Balaban J connectivity index is 2.31. The molecule has 0 radical (unpaired) electrons. The number of rotatable bonds is 3. The molecule has 1 unspecified atom stereocenters. The van der Waals surface area contributed by atoms with Crippen LogP contribution < -0.4 is 0 Å². The highest BCUT2D eigenvalue weighted by atomic mass is 32.1. The van der Waals surface area contributed by atoms with E-state index in [9.17, 15) is 5.11 Å². The molecule has 0 fully saturated rings. The molecule has 0 spiro atoms. The Bertz CT molecular complexity index is 389. The number of aliphatic hydroxyl groups is 1. The van der Waals surface area contributed by atoms with Crippen molar-refractivity contribution in [1.29, 1.82) is 0 Å². The molecule has 0 aliphatic rings. The molecular formula is C11H12O2S. The van der Waals surface area contributed by atoms with Crippen molar-refractivity contribution >= 4 is 11.3 Å². The predicted molar refractivity (Wildman–Crippen MR) is 56.5 cm³/mol. The van der Waals surface area contributed by atoms with Crippen LogP contribution in [0.2, 0.25) is 0 Å². The summed E-state index contributed by atoms with van der Waals surface area (Å²) in [5, 5.41) is 12.0. The molecule has 2 nitrogen and oxygen atoms in total. The van der Waals surface area contributed by atoms with Crippen molar-refractivity contribution in [2.45, 2.75) is 19.4 Å². The largest absolute Gasteiger partial charge is 0.466 e. The third-order valence-electron chi connectivity index (χ3n) is 2.22. The Morgan fingerprint density at radius 3 is 3.00 bits per heavy atom. The molecule has 0 saturated carbocycles. The van der Waals surface area contributed by atoms with Gasteiger partial charge in [-0.3, -0.25) is 0 Å². The van der Waals surface area contributed by atoms with E-state index in [-0.39, 0.29) is 0 Å². The lowest BCUT2D eigenvalue weighted by Gasteiger charge is -2.07. The first-order valence-corrected chi connectivity index (χ1v) is 5.48. The van der Waals surface area contributed by atoms with Crippen LogP contribution in [-0.4, -0.2) is 5.11 Å². The maximum absolute atomic E-state index is 10.00. The highest BCUT2D eigenvalue weighted by molar-refractivity contribution is 7.10. The van der Waals surface area contributed by atoms with E-state index in [0.717, 1.165) is 11.3 Å². The summed E-state index contributed by atoms with van der Waals surface area (Å²) in [4.78, 5) is 0.988. The van der Waals surface area contributed by atoms with Gasteiger partial charge in [-0.1, -0.05) is 6.92 Å². The van der Waals surface area contributed by atoms with E-state index in [1.807, 2.05) is 11.4 Å². The summed E-state index contributed by atoms with van der Waals surface area (Å²) in [5.41, 5.74) is 1.19. The minimum Gasteiger partial charge on any atom is -0.466 e. The summed E-state index contributed by atoms with van der Waals surface area (Å²) in [7, 11) is 0. The summed E-state index contributed by atoms with van der Waals surface area (Å²) in [5.74, 6) is 0.613. The van der Waals surface area contributed by atoms with Crippen LogP contribution in [0.5, 0.6) is 0 Å². The molecule has 2 heterocycles. The fourth-order valence-electron chi connectivity index (χ4n) is 1.46. The quantitative estimate of drug-likeness (QED) is 0.841. The third kappa shape index (κ3) is 1.61.